The summed E-state index contributed by atoms with van der Waals surface area (Å²) in [4.78, 5) is 14.1. The van der Waals surface area contributed by atoms with E-state index in [2.05, 4.69) is 67.0 Å². The van der Waals surface area contributed by atoms with Crippen LogP contribution in [0.3, 0.4) is 0 Å². The minimum absolute atomic E-state index is 0.297. The Bertz CT molecular complexity index is 1090. The molecule has 3 rings (SSSR count). The standard InChI is InChI=1S/C27H30N2O2/c1-18(2)19-7-9-20(10-8-19)26(21-11-13-22(14-12-21)28(3)4)24-16-15-23(29(5)6)17-25(24)27(30)31/h7-18H,1-6H3/p+1. The van der Waals surface area contributed by atoms with Crippen molar-refractivity contribution in [1.29, 1.82) is 0 Å². The van der Waals surface area contributed by atoms with Crippen molar-refractivity contribution < 1.29 is 14.5 Å². The van der Waals surface area contributed by atoms with E-state index in [0.717, 1.165) is 28.1 Å². The van der Waals surface area contributed by atoms with Crippen LogP contribution in [0.4, 0.5) is 5.69 Å². The summed E-state index contributed by atoms with van der Waals surface area (Å²) in [5, 5.41) is 10.0. The van der Waals surface area contributed by atoms with Gasteiger partial charge in [0.2, 0.25) is 0 Å². The Kier molecular flexibility index (Phi) is 6.59. The van der Waals surface area contributed by atoms with E-state index in [4.69, 9.17) is 0 Å². The molecule has 0 atom stereocenters. The van der Waals surface area contributed by atoms with Crippen LogP contribution in [0.5, 0.6) is 0 Å². The van der Waals surface area contributed by atoms with Gasteiger partial charge in [0.15, 0.2) is 5.71 Å². The highest BCUT2D eigenvalue weighted by atomic mass is 16.4. The molecule has 4 nitrogen and oxygen atoms in total. The molecule has 1 aliphatic rings. The van der Waals surface area contributed by atoms with Crippen LogP contribution in [-0.2, 0) is 0 Å². The van der Waals surface area contributed by atoms with Crippen molar-refractivity contribution in [2.45, 2.75) is 19.8 Å². The third-order valence-electron chi connectivity index (χ3n) is 5.56. The smallest absolute Gasteiger partial charge is 0.336 e. The van der Waals surface area contributed by atoms with E-state index in [9.17, 15) is 9.90 Å². The summed E-state index contributed by atoms with van der Waals surface area (Å²) in [6.07, 6.45) is 8.25. The quantitative estimate of drug-likeness (QED) is 0.681. The number of hydrogen-bond donors (Lipinski definition) is 1. The van der Waals surface area contributed by atoms with E-state index in [0.29, 0.717) is 17.0 Å². The lowest BCUT2D eigenvalue weighted by Crippen LogP contribution is -2.12. The fourth-order valence-corrected chi connectivity index (χ4v) is 3.64. The number of carboxylic acids is 1. The Hall–Kier alpha value is -3.40. The molecule has 0 spiro atoms. The van der Waals surface area contributed by atoms with Gasteiger partial charge >= 0.3 is 5.97 Å². The van der Waals surface area contributed by atoms with Crippen molar-refractivity contribution in [3.05, 3.63) is 94.6 Å². The van der Waals surface area contributed by atoms with E-state index < -0.39 is 5.97 Å². The first kappa shape index (κ1) is 22.3. The summed E-state index contributed by atoms with van der Waals surface area (Å²) >= 11 is 0. The number of nitrogens with zero attached hydrogens (tertiary/aromatic N) is 2. The lowest BCUT2D eigenvalue weighted by Gasteiger charge is -2.19. The molecule has 2 aromatic carbocycles. The van der Waals surface area contributed by atoms with Crippen molar-refractivity contribution in [3.63, 3.8) is 0 Å². The van der Waals surface area contributed by atoms with Crippen LogP contribution < -0.4 is 4.90 Å². The summed E-state index contributed by atoms with van der Waals surface area (Å²) in [6.45, 7) is 4.34. The van der Waals surface area contributed by atoms with Crippen LogP contribution in [0, 0.1) is 0 Å². The molecule has 0 aliphatic heterocycles. The zero-order valence-corrected chi connectivity index (χ0v) is 19.2. The van der Waals surface area contributed by atoms with Crippen LogP contribution in [0.2, 0.25) is 0 Å². The lowest BCUT2D eigenvalue weighted by molar-refractivity contribution is -0.462. The maximum absolute atomic E-state index is 12.2. The van der Waals surface area contributed by atoms with Crippen molar-refractivity contribution in [2.75, 3.05) is 33.1 Å². The molecule has 2 aromatic rings. The number of aromatic carboxylic acids is 1. The number of rotatable bonds is 5. The third kappa shape index (κ3) is 4.85. The van der Waals surface area contributed by atoms with E-state index in [1.165, 1.54) is 5.56 Å². The summed E-state index contributed by atoms with van der Waals surface area (Å²) in [5.41, 5.74) is 7.14. The first-order chi connectivity index (χ1) is 14.7. The second-order valence-electron chi connectivity index (χ2n) is 8.52. The predicted molar refractivity (Wildman–Crippen MR) is 130 cm³/mol. The molecule has 1 aliphatic carbocycles. The number of hydrogen-bond acceptors (Lipinski definition) is 2. The van der Waals surface area contributed by atoms with Gasteiger partial charge < -0.3 is 10.0 Å². The molecular formula is C27H31N2O2+. The highest BCUT2D eigenvalue weighted by Crippen LogP contribution is 2.34. The second kappa shape index (κ2) is 9.17. The molecule has 0 saturated heterocycles. The van der Waals surface area contributed by atoms with Crippen molar-refractivity contribution in [3.8, 4) is 0 Å². The van der Waals surface area contributed by atoms with Gasteiger partial charge in [-0.2, -0.15) is 0 Å². The van der Waals surface area contributed by atoms with E-state index in [1.54, 1.807) is 6.07 Å². The molecule has 4 heteroatoms. The van der Waals surface area contributed by atoms with E-state index in [1.807, 2.05) is 45.2 Å². The zero-order chi connectivity index (χ0) is 22.7. The van der Waals surface area contributed by atoms with Crippen LogP contribution in [0.1, 0.15) is 46.8 Å². The van der Waals surface area contributed by atoms with Gasteiger partial charge in [-0.05, 0) is 58.0 Å². The largest absolute Gasteiger partial charge is 0.478 e. The molecule has 0 fully saturated rings. The third-order valence-corrected chi connectivity index (χ3v) is 5.56. The highest BCUT2D eigenvalue weighted by molar-refractivity contribution is 6.05. The molecule has 0 saturated carbocycles. The second-order valence-corrected chi connectivity index (χ2v) is 8.52. The molecule has 1 N–H and O–H groups in total. The molecule has 31 heavy (non-hydrogen) atoms. The minimum Gasteiger partial charge on any atom is -0.478 e. The van der Waals surface area contributed by atoms with Crippen LogP contribution >= 0.6 is 0 Å². The Morgan fingerprint density at radius 3 is 2.00 bits per heavy atom. The summed E-state index contributed by atoms with van der Waals surface area (Å²) in [5.74, 6) is -0.495. The van der Waals surface area contributed by atoms with Crippen LogP contribution in [0.25, 0.3) is 5.57 Å². The predicted octanol–water partition coefficient (Wildman–Crippen LogP) is 5.22. The Morgan fingerprint density at radius 1 is 0.903 bits per heavy atom. The fourth-order valence-electron chi connectivity index (χ4n) is 3.64. The zero-order valence-electron chi connectivity index (χ0n) is 19.2. The van der Waals surface area contributed by atoms with Gasteiger partial charge in [0.05, 0.1) is 5.56 Å². The SMILES string of the molecule is CC(C)c1ccc(C(=C2C=CC(=[N+](C)C)C=C2)c2ccc(N(C)C)cc2C(=O)O)cc1. The van der Waals surface area contributed by atoms with Gasteiger partial charge in [0, 0.05) is 31.9 Å². The summed E-state index contributed by atoms with van der Waals surface area (Å²) in [7, 11) is 7.84. The van der Waals surface area contributed by atoms with Gasteiger partial charge in [0.25, 0.3) is 0 Å². The maximum Gasteiger partial charge on any atom is 0.336 e. The van der Waals surface area contributed by atoms with Crippen LogP contribution in [-0.4, -0.2) is 49.6 Å². The van der Waals surface area contributed by atoms with Gasteiger partial charge in [-0.25, -0.2) is 9.37 Å². The first-order valence-corrected chi connectivity index (χ1v) is 10.5. The molecule has 0 aromatic heterocycles. The average molecular weight is 416 g/mol. The Balaban J connectivity index is 2.27. The average Bonchev–Trinajstić information content (AvgIpc) is 2.74. The highest BCUT2D eigenvalue weighted by Gasteiger charge is 2.20. The maximum atomic E-state index is 12.2. The molecule has 0 bridgehead atoms. The molecule has 160 valence electrons. The normalized spacial score (nSPS) is 13.0. The van der Waals surface area contributed by atoms with Gasteiger partial charge in [-0.15, -0.1) is 0 Å². The van der Waals surface area contributed by atoms with Crippen LogP contribution in [0.15, 0.2) is 72.3 Å². The fraction of sp³-hybridized carbons (Fsp3) is 0.259. The molecule has 0 heterocycles. The number of allylic oxidation sites excluding steroid dienone is 5. The Morgan fingerprint density at radius 2 is 1.52 bits per heavy atom. The van der Waals surface area contributed by atoms with E-state index >= 15 is 0 Å². The van der Waals surface area contributed by atoms with Gasteiger partial charge in [-0.1, -0.05) is 44.2 Å². The summed E-state index contributed by atoms with van der Waals surface area (Å²) in [6, 6.07) is 14.1. The first-order valence-electron chi connectivity index (χ1n) is 10.5. The van der Waals surface area contributed by atoms with Crippen molar-refractivity contribution in [1.82, 2.24) is 0 Å². The lowest BCUT2D eigenvalue weighted by atomic mass is 9.87. The van der Waals surface area contributed by atoms with Gasteiger partial charge in [0.1, 0.15) is 14.1 Å². The van der Waals surface area contributed by atoms with E-state index in [-0.39, 0.29) is 0 Å². The molecule has 0 radical (unpaired) electrons. The minimum atomic E-state index is -0.931. The monoisotopic (exact) mass is 415 g/mol. The van der Waals surface area contributed by atoms with Crippen molar-refractivity contribution >= 4 is 22.9 Å². The molecule has 0 unspecified atom stereocenters. The number of anilines is 1. The summed E-state index contributed by atoms with van der Waals surface area (Å²) < 4.78 is 2.05. The number of carboxylic acid groups (broad SMARTS) is 1. The molecule has 0 amide bonds. The molecular weight excluding hydrogens is 384 g/mol. The number of carbonyl (C=O) groups is 1. The van der Waals surface area contributed by atoms with Gasteiger partial charge in [-0.3, -0.25) is 0 Å². The Labute approximate surface area is 185 Å². The number of benzene rings is 2. The topological polar surface area (TPSA) is 43.5 Å². The van der Waals surface area contributed by atoms with Crippen molar-refractivity contribution in [2.24, 2.45) is 0 Å².